The third-order valence-electron chi connectivity index (χ3n) is 2.75. The number of rotatable bonds is 2. The van der Waals surface area contributed by atoms with Gasteiger partial charge in [0.25, 0.3) is 0 Å². The fraction of sp³-hybridized carbons (Fsp3) is 0.500. The van der Waals surface area contributed by atoms with Gasteiger partial charge in [-0.2, -0.15) is 0 Å². The van der Waals surface area contributed by atoms with Crippen molar-refractivity contribution in [2.45, 2.75) is 19.5 Å². The van der Waals surface area contributed by atoms with E-state index in [1.54, 1.807) is 0 Å². The molecule has 82 valence electrons. The van der Waals surface area contributed by atoms with Crippen molar-refractivity contribution in [2.24, 2.45) is 0 Å². The Labute approximate surface area is 105 Å². The maximum absolute atomic E-state index is 3.47. The van der Waals surface area contributed by atoms with Gasteiger partial charge in [0.15, 0.2) is 0 Å². The smallest absolute Gasteiger partial charge is 0.0235 e. The fourth-order valence-corrected chi connectivity index (χ4v) is 2.66. The summed E-state index contributed by atoms with van der Waals surface area (Å²) in [7, 11) is 0. The van der Waals surface area contributed by atoms with Gasteiger partial charge < -0.3 is 5.32 Å². The van der Waals surface area contributed by atoms with Crippen LogP contribution in [-0.4, -0.2) is 30.6 Å². The number of hydrogen-bond donors (Lipinski definition) is 1. The molecule has 0 amide bonds. The van der Waals surface area contributed by atoms with Crippen molar-refractivity contribution in [2.75, 3.05) is 19.6 Å². The average molecular weight is 316 g/mol. The normalized spacial score (nSPS) is 22.9. The molecule has 1 saturated heterocycles. The number of piperazine rings is 1. The molecule has 0 aromatic heterocycles. The first-order valence-corrected chi connectivity index (χ1v) is 6.52. The summed E-state index contributed by atoms with van der Waals surface area (Å²) >= 11 is 2.37. The Kier molecular flexibility index (Phi) is 3.99. The summed E-state index contributed by atoms with van der Waals surface area (Å²) in [4.78, 5) is 2.52. The second kappa shape index (κ2) is 5.27. The van der Waals surface area contributed by atoms with E-state index in [-0.39, 0.29) is 0 Å². The van der Waals surface area contributed by atoms with Gasteiger partial charge >= 0.3 is 0 Å². The van der Waals surface area contributed by atoms with Crippen LogP contribution in [-0.2, 0) is 6.54 Å². The van der Waals surface area contributed by atoms with Crippen LogP contribution in [0.25, 0.3) is 0 Å². The van der Waals surface area contributed by atoms with Crippen molar-refractivity contribution >= 4 is 22.6 Å². The van der Waals surface area contributed by atoms with E-state index >= 15 is 0 Å². The van der Waals surface area contributed by atoms with E-state index in [0.717, 1.165) is 26.2 Å². The molecule has 15 heavy (non-hydrogen) atoms. The lowest BCUT2D eigenvalue weighted by molar-refractivity contribution is 0.199. The topological polar surface area (TPSA) is 15.3 Å². The van der Waals surface area contributed by atoms with Crippen LogP contribution in [0.1, 0.15) is 12.5 Å². The number of benzene rings is 1. The number of halogens is 1. The molecule has 1 N–H and O–H groups in total. The van der Waals surface area contributed by atoms with Crippen LogP contribution in [0.2, 0.25) is 0 Å². The van der Waals surface area contributed by atoms with Crippen LogP contribution in [0, 0.1) is 3.57 Å². The van der Waals surface area contributed by atoms with Crippen LogP contribution in [0.3, 0.4) is 0 Å². The molecular formula is C12H17IN2. The van der Waals surface area contributed by atoms with E-state index in [1.807, 2.05) is 0 Å². The van der Waals surface area contributed by atoms with Crippen molar-refractivity contribution in [3.63, 3.8) is 0 Å². The molecule has 1 heterocycles. The average Bonchev–Trinajstić information content (AvgIpc) is 2.17. The maximum Gasteiger partial charge on any atom is 0.0235 e. The minimum atomic E-state index is 0.626. The van der Waals surface area contributed by atoms with Crippen LogP contribution < -0.4 is 5.32 Å². The molecule has 0 bridgehead atoms. The Hall–Kier alpha value is -0.130. The first kappa shape index (κ1) is 11.4. The number of hydrogen-bond acceptors (Lipinski definition) is 2. The van der Waals surface area contributed by atoms with Crippen molar-refractivity contribution in [1.82, 2.24) is 10.2 Å². The summed E-state index contributed by atoms with van der Waals surface area (Å²) < 4.78 is 1.33. The predicted octanol–water partition coefficient (Wildman–Crippen LogP) is 2.08. The van der Waals surface area contributed by atoms with E-state index in [1.165, 1.54) is 9.13 Å². The van der Waals surface area contributed by atoms with E-state index in [4.69, 9.17) is 0 Å². The molecule has 1 atom stereocenters. The van der Waals surface area contributed by atoms with Gasteiger partial charge in [-0.15, -0.1) is 0 Å². The van der Waals surface area contributed by atoms with Gasteiger partial charge in [-0.25, -0.2) is 0 Å². The number of nitrogens with zero attached hydrogens (tertiary/aromatic N) is 1. The second-order valence-corrected chi connectivity index (χ2v) is 5.47. The molecule has 1 aliphatic rings. The summed E-state index contributed by atoms with van der Waals surface area (Å²) in [6.45, 7) is 6.77. The summed E-state index contributed by atoms with van der Waals surface area (Å²) in [5.41, 5.74) is 1.43. The third-order valence-corrected chi connectivity index (χ3v) is 3.42. The molecule has 2 nitrogen and oxygen atoms in total. The Balaban J connectivity index is 1.96. The molecule has 0 saturated carbocycles. The lowest BCUT2D eigenvalue weighted by atomic mass is 10.2. The Morgan fingerprint density at radius 1 is 1.53 bits per heavy atom. The van der Waals surface area contributed by atoms with Gasteiger partial charge in [-0.1, -0.05) is 12.1 Å². The molecule has 1 aliphatic heterocycles. The van der Waals surface area contributed by atoms with Crippen molar-refractivity contribution in [3.05, 3.63) is 33.4 Å². The molecule has 2 rings (SSSR count). The van der Waals surface area contributed by atoms with Crippen LogP contribution in [0.15, 0.2) is 24.3 Å². The van der Waals surface area contributed by atoms with Gasteiger partial charge in [0, 0.05) is 35.8 Å². The van der Waals surface area contributed by atoms with Crippen LogP contribution in [0.5, 0.6) is 0 Å². The number of nitrogens with one attached hydrogen (secondary N) is 1. The van der Waals surface area contributed by atoms with E-state index in [9.17, 15) is 0 Å². The third kappa shape index (κ3) is 3.43. The predicted molar refractivity (Wildman–Crippen MR) is 71.9 cm³/mol. The van der Waals surface area contributed by atoms with Crippen molar-refractivity contribution in [1.29, 1.82) is 0 Å². The zero-order valence-corrected chi connectivity index (χ0v) is 11.2. The summed E-state index contributed by atoms with van der Waals surface area (Å²) in [6, 6.07) is 9.40. The highest BCUT2D eigenvalue weighted by Crippen LogP contribution is 2.11. The molecule has 1 aromatic rings. The standard InChI is InChI=1S/C12H17IN2/c1-10-8-15(6-5-14-10)9-11-3-2-4-12(13)7-11/h2-4,7,10,14H,5-6,8-9H2,1H3. The minimum Gasteiger partial charge on any atom is -0.312 e. The molecule has 0 radical (unpaired) electrons. The Morgan fingerprint density at radius 3 is 3.13 bits per heavy atom. The second-order valence-electron chi connectivity index (χ2n) is 4.22. The van der Waals surface area contributed by atoms with Gasteiger partial charge in [-0.3, -0.25) is 4.90 Å². The monoisotopic (exact) mass is 316 g/mol. The molecule has 1 unspecified atom stereocenters. The summed E-state index contributed by atoms with van der Waals surface area (Å²) in [5.74, 6) is 0. The first-order chi connectivity index (χ1) is 7.24. The summed E-state index contributed by atoms with van der Waals surface area (Å²) in [5, 5.41) is 3.47. The zero-order chi connectivity index (χ0) is 10.7. The molecule has 0 aliphatic carbocycles. The van der Waals surface area contributed by atoms with E-state index in [2.05, 4.69) is 64.0 Å². The highest BCUT2D eigenvalue weighted by atomic mass is 127. The van der Waals surface area contributed by atoms with Crippen molar-refractivity contribution < 1.29 is 0 Å². The van der Waals surface area contributed by atoms with Gasteiger partial charge in [-0.05, 0) is 47.2 Å². The lowest BCUT2D eigenvalue weighted by Crippen LogP contribution is -2.48. The highest BCUT2D eigenvalue weighted by Gasteiger charge is 2.15. The molecule has 1 aromatic carbocycles. The molecule has 0 spiro atoms. The SMILES string of the molecule is CC1CN(Cc2cccc(I)c2)CCN1. The zero-order valence-electron chi connectivity index (χ0n) is 9.04. The van der Waals surface area contributed by atoms with Gasteiger partial charge in [0.1, 0.15) is 0 Å². The minimum absolute atomic E-state index is 0.626. The van der Waals surface area contributed by atoms with Gasteiger partial charge in [0.05, 0.1) is 0 Å². The first-order valence-electron chi connectivity index (χ1n) is 5.44. The maximum atomic E-state index is 3.47. The largest absolute Gasteiger partial charge is 0.312 e. The molecule has 1 fully saturated rings. The highest BCUT2D eigenvalue weighted by molar-refractivity contribution is 14.1. The Bertz CT molecular complexity index is 327. The Morgan fingerprint density at radius 2 is 2.40 bits per heavy atom. The van der Waals surface area contributed by atoms with Crippen molar-refractivity contribution in [3.8, 4) is 0 Å². The van der Waals surface area contributed by atoms with E-state index < -0.39 is 0 Å². The quantitative estimate of drug-likeness (QED) is 0.841. The fourth-order valence-electron chi connectivity index (χ4n) is 2.05. The lowest BCUT2D eigenvalue weighted by Gasteiger charge is -2.31. The van der Waals surface area contributed by atoms with Crippen LogP contribution >= 0.6 is 22.6 Å². The van der Waals surface area contributed by atoms with Crippen LogP contribution in [0.4, 0.5) is 0 Å². The summed E-state index contributed by atoms with van der Waals surface area (Å²) in [6.07, 6.45) is 0. The van der Waals surface area contributed by atoms with Gasteiger partial charge in [0.2, 0.25) is 0 Å². The van der Waals surface area contributed by atoms with E-state index in [0.29, 0.717) is 6.04 Å². The molecule has 3 heteroatoms. The molecular weight excluding hydrogens is 299 g/mol.